The van der Waals surface area contributed by atoms with Crippen LogP contribution >= 0.6 is 0 Å². The van der Waals surface area contributed by atoms with E-state index in [0.29, 0.717) is 18.0 Å². The van der Waals surface area contributed by atoms with Crippen LogP contribution in [-0.2, 0) is 6.54 Å². The van der Waals surface area contributed by atoms with Crippen LogP contribution in [0.1, 0.15) is 38.7 Å². The topological polar surface area (TPSA) is 37.4 Å². The van der Waals surface area contributed by atoms with E-state index in [9.17, 15) is 0 Å². The smallest absolute Gasteiger partial charge is 0.212 e. The first kappa shape index (κ1) is 15.3. The molecule has 2 heterocycles. The second-order valence-corrected chi connectivity index (χ2v) is 5.59. The number of pyridine rings is 1. The van der Waals surface area contributed by atoms with Gasteiger partial charge < -0.3 is 10.1 Å². The van der Waals surface area contributed by atoms with Gasteiger partial charge in [-0.05, 0) is 18.4 Å². The fourth-order valence-electron chi connectivity index (χ4n) is 2.93. The fourth-order valence-corrected chi connectivity index (χ4v) is 2.93. The first-order chi connectivity index (χ1) is 9.76. The number of nitrogens with one attached hydrogen (secondary N) is 1. The molecule has 0 aliphatic carbocycles. The third-order valence-electron chi connectivity index (χ3n) is 4.11. The standard InChI is InChI=1S/C16H27N3O/c1-4-6-14-12-19(15(5-2)10-17-14)11-13-7-8-16(20-3)18-9-13/h7-9,14-15,17H,4-6,10-12H2,1-3H3. The molecule has 112 valence electrons. The molecular weight excluding hydrogens is 250 g/mol. The van der Waals surface area contributed by atoms with E-state index in [4.69, 9.17) is 4.74 Å². The summed E-state index contributed by atoms with van der Waals surface area (Å²) in [5.74, 6) is 0.685. The Labute approximate surface area is 122 Å². The van der Waals surface area contributed by atoms with Crippen molar-refractivity contribution in [2.24, 2.45) is 0 Å². The number of ether oxygens (including phenoxy) is 1. The van der Waals surface area contributed by atoms with Gasteiger partial charge in [0.25, 0.3) is 0 Å². The molecule has 0 aromatic carbocycles. The maximum Gasteiger partial charge on any atom is 0.212 e. The van der Waals surface area contributed by atoms with Gasteiger partial charge in [0.15, 0.2) is 0 Å². The number of piperazine rings is 1. The Bertz CT molecular complexity index is 393. The minimum atomic E-state index is 0.630. The minimum absolute atomic E-state index is 0.630. The van der Waals surface area contributed by atoms with Crippen LogP contribution in [0.4, 0.5) is 0 Å². The largest absolute Gasteiger partial charge is 0.481 e. The summed E-state index contributed by atoms with van der Waals surface area (Å²) in [5.41, 5.74) is 1.27. The zero-order valence-corrected chi connectivity index (χ0v) is 12.9. The van der Waals surface area contributed by atoms with Crippen molar-refractivity contribution in [2.75, 3.05) is 20.2 Å². The summed E-state index contributed by atoms with van der Waals surface area (Å²) in [6.07, 6.45) is 5.62. The molecule has 2 atom stereocenters. The first-order valence-corrected chi connectivity index (χ1v) is 7.73. The highest BCUT2D eigenvalue weighted by Crippen LogP contribution is 2.17. The second-order valence-electron chi connectivity index (χ2n) is 5.59. The van der Waals surface area contributed by atoms with Gasteiger partial charge in [0.2, 0.25) is 5.88 Å². The number of aromatic nitrogens is 1. The summed E-state index contributed by atoms with van der Waals surface area (Å²) < 4.78 is 5.12. The van der Waals surface area contributed by atoms with Crippen LogP contribution in [0.3, 0.4) is 0 Å². The molecule has 2 unspecified atom stereocenters. The zero-order valence-electron chi connectivity index (χ0n) is 12.9. The Balaban J connectivity index is 1.99. The van der Waals surface area contributed by atoms with Crippen molar-refractivity contribution in [3.8, 4) is 5.88 Å². The van der Waals surface area contributed by atoms with Gasteiger partial charge >= 0.3 is 0 Å². The molecule has 0 radical (unpaired) electrons. The van der Waals surface area contributed by atoms with Crippen LogP contribution in [0.25, 0.3) is 0 Å². The van der Waals surface area contributed by atoms with Crippen molar-refractivity contribution in [2.45, 2.75) is 51.7 Å². The highest BCUT2D eigenvalue weighted by Gasteiger charge is 2.26. The first-order valence-electron chi connectivity index (χ1n) is 7.73. The van der Waals surface area contributed by atoms with Gasteiger partial charge in [0.1, 0.15) is 0 Å². The molecular formula is C16H27N3O. The number of rotatable bonds is 6. The molecule has 0 spiro atoms. The van der Waals surface area contributed by atoms with E-state index in [-0.39, 0.29) is 0 Å². The summed E-state index contributed by atoms with van der Waals surface area (Å²) in [5, 5.41) is 3.68. The molecule has 1 aromatic heterocycles. The summed E-state index contributed by atoms with van der Waals surface area (Å²) in [6, 6.07) is 5.33. The number of hydrogen-bond acceptors (Lipinski definition) is 4. The van der Waals surface area contributed by atoms with Gasteiger partial charge in [0.05, 0.1) is 7.11 Å². The molecule has 1 aliphatic heterocycles. The molecule has 1 N–H and O–H groups in total. The predicted octanol–water partition coefficient (Wildman–Crippen LogP) is 2.44. The van der Waals surface area contributed by atoms with Crippen molar-refractivity contribution in [3.63, 3.8) is 0 Å². The fraction of sp³-hybridized carbons (Fsp3) is 0.688. The van der Waals surface area contributed by atoms with Gasteiger partial charge in [-0.15, -0.1) is 0 Å². The summed E-state index contributed by atoms with van der Waals surface area (Å²) in [6.45, 7) is 7.75. The van der Waals surface area contributed by atoms with Crippen LogP contribution in [0.15, 0.2) is 18.3 Å². The van der Waals surface area contributed by atoms with Crippen LogP contribution in [0.5, 0.6) is 5.88 Å². The minimum Gasteiger partial charge on any atom is -0.481 e. The van der Waals surface area contributed by atoms with Gasteiger partial charge in [-0.3, -0.25) is 4.90 Å². The zero-order chi connectivity index (χ0) is 14.4. The predicted molar refractivity (Wildman–Crippen MR) is 82.0 cm³/mol. The van der Waals surface area contributed by atoms with Crippen molar-refractivity contribution in [1.29, 1.82) is 0 Å². The molecule has 1 aliphatic rings. The van der Waals surface area contributed by atoms with Crippen LogP contribution < -0.4 is 10.1 Å². The van der Waals surface area contributed by atoms with Crippen molar-refractivity contribution in [1.82, 2.24) is 15.2 Å². The Morgan fingerprint density at radius 1 is 1.40 bits per heavy atom. The lowest BCUT2D eigenvalue weighted by Gasteiger charge is -2.40. The molecule has 0 bridgehead atoms. The summed E-state index contributed by atoms with van der Waals surface area (Å²) in [4.78, 5) is 6.90. The Morgan fingerprint density at radius 3 is 2.85 bits per heavy atom. The third kappa shape index (κ3) is 3.93. The van der Waals surface area contributed by atoms with E-state index in [0.717, 1.165) is 19.6 Å². The van der Waals surface area contributed by atoms with E-state index in [1.165, 1.54) is 24.8 Å². The van der Waals surface area contributed by atoms with Crippen LogP contribution in [0.2, 0.25) is 0 Å². The van der Waals surface area contributed by atoms with E-state index >= 15 is 0 Å². The Morgan fingerprint density at radius 2 is 2.25 bits per heavy atom. The summed E-state index contributed by atoms with van der Waals surface area (Å²) in [7, 11) is 1.65. The Kier molecular flexibility index (Phi) is 5.80. The molecule has 1 aromatic rings. The van der Waals surface area contributed by atoms with E-state index in [1.807, 2.05) is 12.3 Å². The lowest BCUT2D eigenvalue weighted by molar-refractivity contribution is 0.115. The maximum absolute atomic E-state index is 5.12. The summed E-state index contributed by atoms with van der Waals surface area (Å²) >= 11 is 0. The number of hydrogen-bond donors (Lipinski definition) is 1. The van der Waals surface area contributed by atoms with Crippen LogP contribution in [0, 0.1) is 0 Å². The Hall–Kier alpha value is -1.13. The lowest BCUT2D eigenvalue weighted by atomic mass is 10.0. The lowest BCUT2D eigenvalue weighted by Crippen LogP contribution is -2.55. The van der Waals surface area contributed by atoms with Gasteiger partial charge in [0, 0.05) is 44.0 Å². The molecule has 0 saturated carbocycles. The number of nitrogens with zero attached hydrogens (tertiary/aromatic N) is 2. The monoisotopic (exact) mass is 277 g/mol. The highest BCUT2D eigenvalue weighted by atomic mass is 16.5. The highest BCUT2D eigenvalue weighted by molar-refractivity contribution is 5.17. The quantitative estimate of drug-likeness (QED) is 0.866. The molecule has 2 rings (SSSR count). The van der Waals surface area contributed by atoms with E-state index in [2.05, 4.69) is 35.1 Å². The molecule has 4 heteroatoms. The second kappa shape index (κ2) is 7.60. The average Bonchev–Trinajstić information content (AvgIpc) is 2.49. The SMILES string of the molecule is CCCC1CN(Cc2ccc(OC)nc2)C(CC)CN1. The van der Waals surface area contributed by atoms with Gasteiger partial charge in [-0.1, -0.05) is 26.3 Å². The van der Waals surface area contributed by atoms with Gasteiger partial charge in [-0.25, -0.2) is 4.98 Å². The van der Waals surface area contributed by atoms with Crippen molar-refractivity contribution >= 4 is 0 Å². The molecule has 20 heavy (non-hydrogen) atoms. The molecule has 4 nitrogen and oxygen atoms in total. The number of methoxy groups -OCH3 is 1. The van der Waals surface area contributed by atoms with Crippen LogP contribution in [-0.4, -0.2) is 42.2 Å². The normalized spacial score (nSPS) is 23.8. The van der Waals surface area contributed by atoms with E-state index < -0.39 is 0 Å². The third-order valence-corrected chi connectivity index (χ3v) is 4.11. The van der Waals surface area contributed by atoms with Gasteiger partial charge in [-0.2, -0.15) is 0 Å². The van der Waals surface area contributed by atoms with Crippen molar-refractivity contribution < 1.29 is 4.74 Å². The molecule has 0 amide bonds. The average molecular weight is 277 g/mol. The van der Waals surface area contributed by atoms with Crippen molar-refractivity contribution in [3.05, 3.63) is 23.9 Å². The maximum atomic E-state index is 5.12. The van der Waals surface area contributed by atoms with E-state index in [1.54, 1.807) is 7.11 Å². The molecule has 1 saturated heterocycles. The molecule has 1 fully saturated rings.